The fourth-order valence-electron chi connectivity index (χ4n) is 4.12. The minimum Gasteiger partial charge on any atom is -0.360 e. The van der Waals surface area contributed by atoms with Crippen LogP contribution in [-0.4, -0.2) is 37.5 Å². The number of Topliss-reactive ketones (excluding diaryl/α,β-unsaturated/α-hetero) is 1. The number of aliphatic imine (C=N–C) groups is 1. The van der Waals surface area contributed by atoms with Crippen LogP contribution in [0, 0.1) is 0 Å². The van der Waals surface area contributed by atoms with Gasteiger partial charge in [-0.1, -0.05) is 25.9 Å². The van der Waals surface area contributed by atoms with Crippen molar-refractivity contribution in [1.29, 1.82) is 0 Å². The van der Waals surface area contributed by atoms with Gasteiger partial charge in [0, 0.05) is 42.5 Å². The Morgan fingerprint density at radius 3 is 2.85 bits per heavy atom. The van der Waals surface area contributed by atoms with Crippen molar-refractivity contribution >= 4 is 28.9 Å². The van der Waals surface area contributed by atoms with E-state index in [-0.39, 0.29) is 24.0 Å². The van der Waals surface area contributed by atoms with Crippen LogP contribution >= 0.6 is 0 Å². The molecule has 0 fully saturated rings. The number of ketones is 1. The Balaban J connectivity index is 1.30. The van der Waals surface area contributed by atoms with Gasteiger partial charge < -0.3 is 9.84 Å². The molecule has 2 aliphatic heterocycles. The number of aromatic nitrogens is 4. The quantitative estimate of drug-likeness (QED) is 0.572. The van der Waals surface area contributed by atoms with Gasteiger partial charge in [0.1, 0.15) is 29.3 Å². The molecule has 33 heavy (non-hydrogen) atoms. The van der Waals surface area contributed by atoms with Crippen LogP contribution in [0.5, 0.6) is 0 Å². The highest BCUT2D eigenvalue weighted by Crippen LogP contribution is 2.31. The summed E-state index contributed by atoms with van der Waals surface area (Å²) in [5.41, 5.74) is 5.38. The summed E-state index contributed by atoms with van der Waals surface area (Å²) in [7, 11) is 0. The fraction of sp³-hybridized carbons (Fsp3) is 0.375. The molecule has 0 saturated carbocycles. The monoisotopic (exact) mass is 444 g/mol. The number of hydrogen-bond acceptors (Lipinski definition) is 8. The first-order valence-electron chi connectivity index (χ1n) is 11.1. The molecular formula is C24H24N6O3. The molecule has 5 rings (SSSR count). The van der Waals surface area contributed by atoms with Gasteiger partial charge in [-0.25, -0.2) is 15.0 Å². The third-order valence-corrected chi connectivity index (χ3v) is 6.02. The fourth-order valence-corrected chi connectivity index (χ4v) is 4.12. The Kier molecular flexibility index (Phi) is 5.32. The molecule has 9 heteroatoms. The number of nitrogens with zero attached hydrogens (tertiary/aromatic N) is 5. The molecule has 0 saturated heterocycles. The molecule has 9 nitrogen and oxygen atoms in total. The van der Waals surface area contributed by atoms with Gasteiger partial charge in [0.15, 0.2) is 5.78 Å². The SMILES string of the molecule is CC(C)c1ccc2c(n1)CC(c1cc([C@@H](C)CC(=O)c3ncnc4c3CCC(=O)N4)on1)=N2. The number of hydrogen-bond donors (Lipinski definition) is 1. The van der Waals surface area contributed by atoms with Crippen LogP contribution in [0.15, 0.2) is 34.0 Å². The zero-order valence-corrected chi connectivity index (χ0v) is 18.8. The number of pyridine rings is 1. The van der Waals surface area contributed by atoms with Crippen LogP contribution in [0.3, 0.4) is 0 Å². The molecule has 3 aromatic heterocycles. The molecule has 0 aromatic carbocycles. The average Bonchev–Trinajstić information content (AvgIpc) is 3.45. The second kappa shape index (κ2) is 8.31. The Hall–Kier alpha value is -3.75. The van der Waals surface area contributed by atoms with Gasteiger partial charge in [-0.2, -0.15) is 0 Å². The van der Waals surface area contributed by atoms with Crippen LogP contribution in [0.4, 0.5) is 11.5 Å². The van der Waals surface area contributed by atoms with Crippen molar-refractivity contribution in [2.75, 3.05) is 5.32 Å². The van der Waals surface area contributed by atoms with Crippen LogP contribution in [0.1, 0.15) is 84.3 Å². The van der Waals surface area contributed by atoms with Gasteiger partial charge in [0.05, 0.1) is 17.1 Å². The van der Waals surface area contributed by atoms with E-state index in [9.17, 15) is 9.59 Å². The first kappa shape index (κ1) is 21.1. The summed E-state index contributed by atoms with van der Waals surface area (Å²) in [6.07, 6.45) is 2.89. The van der Waals surface area contributed by atoms with Gasteiger partial charge in [-0.05, 0) is 24.5 Å². The molecule has 0 unspecified atom stereocenters. The third-order valence-electron chi connectivity index (χ3n) is 6.02. The van der Waals surface area contributed by atoms with Crippen LogP contribution in [0.25, 0.3) is 0 Å². The predicted octanol–water partition coefficient (Wildman–Crippen LogP) is 3.92. The molecule has 1 atom stereocenters. The Bertz CT molecular complexity index is 1290. The summed E-state index contributed by atoms with van der Waals surface area (Å²) < 4.78 is 5.57. The van der Waals surface area contributed by atoms with E-state index in [0.29, 0.717) is 53.7 Å². The molecule has 0 spiro atoms. The van der Waals surface area contributed by atoms with E-state index in [1.54, 1.807) is 0 Å². The number of rotatable bonds is 6. The van der Waals surface area contributed by atoms with E-state index in [4.69, 9.17) is 9.51 Å². The first-order valence-corrected chi connectivity index (χ1v) is 11.1. The maximum Gasteiger partial charge on any atom is 0.225 e. The van der Waals surface area contributed by atoms with E-state index in [1.165, 1.54) is 6.33 Å². The molecule has 1 N–H and O–H groups in total. The molecule has 0 aliphatic carbocycles. The normalized spacial score (nSPS) is 15.6. The molecule has 5 heterocycles. The van der Waals surface area contributed by atoms with E-state index in [1.807, 2.05) is 25.1 Å². The van der Waals surface area contributed by atoms with Crippen molar-refractivity contribution in [3.05, 3.63) is 58.6 Å². The standard InChI is InChI=1S/C24H24N6O3/c1-12(2)15-5-6-16-17(27-15)9-18(28-16)19-10-21(33-30-19)13(3)8-20(31)23-14-4-7-22(32)29-24(14)26-11-25-23/h5-6,10-13H,4,7-9H2,1-3H3,(H,25,26,29,32)/t13-/m0/s1. The molecule has 3 aromatic rings. The van der Waals surface area contributed by atoms with Crippen molar-refractivity contribution in [3.8, 4) is 0 Å². The molecule has 0 bridgehead atoms. The molecule has 0 radical (unpaired) electrons. The van der Waals surface area contributed by atoms with Crippen molar-refractivity contribution in [2.24, 2.45) is 4.99 Å². The van der Waals surface area contributed by atoms with Gasteiger partial charge in [-0.15, -0.1) is 0 Å². The summed E-state index contributed by atoms with van der Waals surface area (Å²) in [5.74, 6) is 0.975. The Morgan fingerprint density at radius 1 is 1.18 bits per heavy atom. The highest BCUT2D eigenvalue weighted by atomic mass is 16.5. The van der Waals surface area contributed by atoms with Crippen molar-refractivity contribution in [1.82, 2.24) is 20.1 Å². The zero-order chi connectivity index (χ0) is 23.1. The van der Waals surface area contributed by atoms with Gasteiger partial charge in [0.25, 0.3) is 0 Å². The topological polar surface area (TPSA) is 123 Å². The zero-order valence-electron chi connectivity index (χ0n) is 18.8. The predicted molar refractivity (Wildman–Crippen MR) is 121 cm³/mol. The maximum atomic E-state index is 13.0. The molecular weight excluding hydrogens is 420 g/mol. The number of nitrogens with one attached hydrogen (secondary N) is 1. The highest BCUT2D eigenvalue weighted by Gasteiger charge is 2.27. The Morgan fingerprint density at radius 2 is 2.03 bits per heavy atom. The number of carbonyl (C=O) groups is 2. The van der Waals surface area contributed by atoms with Crippen LogP contribution in [-0.2, 0) is 17.6 Å². The number of anilines is 1. The summed E-state index contributed by atoms with van der Waals surface area (Å²) in [6.45, 7) is 6.15. The lowest BCUT2D eigenvalue weighted by molar-refractivity contribution is -0.116. The van der Waals surface area contributed by atoms with Crippen LogP contribution in [0.2, 0.25) is 0 Å². The highest BCUT2D eigenvalue weighted by molar-refractivity contribution is 6.05. The second-order valence-electron chi connectivity index (χ2n) is 8.83. The summed E-state index contributed by atoms with van der Waals surface area (Å²) in [5, 5.41) is 6.90. The van der Waals surface area contributed by atoms with Crippen molar-refractivity contribution < 1.29 is 14.1 Å². The molecule has 2 aliphatic rings. The molecule has 1 amide bonds. The maximum absolute atomic E-state index is 13.0. The van der Waals surface area contributed by atoms with E-state index < -0.39 is 0 Å². The van der Waals surface area contributed by atoms with Gasteiger partial charge >= 0.3 is 0 Å². The van der Waals surface area contributed by atoms with Crippen molar-refractivity contribution in [3.63, 3.8) is 0 Å². The lowest BCUT2D eigenvalue weighted by atomic mass is 9.95. The number of carbonyl (C=O) groups excluding carboxylic acids is 2. The Labute approximate surface area is 190 Å². The van der Waals surface area contributed by atoms with Crippen molar-refractivity contribution in [2.45, 2.75) is 58.3 Å². The average molecular weight is 444 g/mol. The third kappa shape index (κ3) is 4.06. The van der Waals surface area contributed by atoms with E-state index in [2.05, 4.69) is 39.3 Å². The largest absolute Gasteiger partial charge is 0.360 e. The number of amides is 1. The minimum absolute atomic E-state index is 0.102. The smallest absolute Gasteiger partial charge is 0.225 e. The van der Waals surface area contributed by atoms with Gasteiger partial charge in [0.2, 0.25) is 5.91 Å². The lowest BCUT2D eigenvalue weighted by Gasteiger charge is -2.17. The molecule has 168 valence electrons. The second-order valence-corrected chi connectivity index (χ2v) is 8.83. The summed E-state index contributed by atoms with van der Waals surface area (Å²) >= 11 is 0. The number of fused-ring (bicyclic) bond motifs is 2. The lowest BCUT2D eigenvalue weighted by Crippen LogP contribution is -2.23. The van der Waals surface area contributed by atoms with E-state index in [0.717, 1.165) is 22.8 Å². The summed E-state index contributed by atoms with van der Waals surface area (Å²) in [4.78, 5) is 42.3. The van der Waals surface area contributed by atoms with E-state index >= 15 is 0 Å². The first-order chi connectivity index (χ1) is 15.9. The van der Waals surface area contributed by atoms with Crippen LogP contribution < -0.4 is 5.32 Å². The minimum atomic E-state index is -0.197. The summed E-state index contributed by atoms with van der Waals surface area (Å²) in [6, 6.07) is 5.86. The van der Waals surface area contributed by atoms with Gasteiger partial charge in [-0.3, -0.25) is 14.6 Å².